The lowest BCUT2D eigenvalue weighted by molar-refractivity contribution is -0.695. The molecule has 5 heteroatoms. The Morgan fingerprint density at radius 3 is 1.67 bits per heavy atom. The molecule has 0 unspecified atom stereocenters. The molecule has 0 saturated carbocycles. The average molecular weight is 292 g/mol. The van der Waals surface area contributed by atoms with Crippen LogP contribution in [0.4, 0.5) is 0 Å². The number of rotatable bonds is 8. The first-order valence-electron chi connectivity index (χ1n) is 7.94. The fourth-order valence-corrected chi connectivity index (χ4v) is 2.36. The number of unbranched alkanes of at least 4 members (excludes halogenated alkanes) is 2. The third-order valence-corrected chi connectivity index (χ3v) is 3.72. The van der Waals surface area contributed by atoms with Gasteiger partial charge in [0.05, 0.1) is 27.2 Å². The first-order chi connectivity index (χ1) is 10.2. The van der Waals surface area contributed by atoms with Gasteiger partial charge in [-0.1, -0.05) is 26.7 Å². The van der Waals surface area contributed by atoms with Gasteiger partial charge in [0, 0.05) is 0 Å². The van der Waals surface area contributed by atoms with Crippen LogP contribution in [-0.4, -0.2) is 9.13 Å². The van der Waals surface area contributed by atoms with E-state index in [1.165, 1.54) is 12.8 Å². The Hall–Kier alpha value is -1.78. The van der Waals surface area contributed by atoms with Gasteiger partial charge < -0.3 is 4.74 Å². The van der Waals surface area contributed by atoms with Crippen LogP contribution in [0.3, 0.4) is 0 Å². The summed E-state index contributed by atoms with van der Waals surface area (Å²) >= 11 is 0. The molecular weight excluding hydrogens is 264 g/mol. The SMILES string of the molecule is CCCCn1cc[n+](C)c1Oc1n(CCCC)cc[n+]1C. The molecule has 0 aliphatic rings. The highest BCUT2D eigenvalue weighted by Gasteiger charge is 2.25. The Kier molecular flexibility index (Phi) is 5.42. The minimum absolute atomic E-state index is 0.885. The zero-order chi connectivity index (χ0) is 15.2. The van der Waals surface area contributed by atoms with E-state index in [2.05, 4.69) is 35.4 Å². The first-order valence-corrected chi connectivity index (χ1v) is 7.94. The molecule has 0 bridgehead atoms. The number of hydrogen-bond donors (Lipinski definition) is 0. The van der Waals surface area contributed by atoms with Crippen LogP contribution < -0.4 is 13.9 Å². The van der Waals surface area contributed by atoms with E-state index in [-0.39, 0.29) is 0 Å². The second kappa shape index (κ2) is 7.29. The monoisotopic (exact) mass is 292 g/mol. The van der Waals surface area contributed by atoms with Gasteiger partial charge in [-0.05, 0) is 12.8 Å². The van der Waals surface area contributed by atoms with Crippen LogP contribution in [0.5, 0.6) is 12.0 Å². The summed E-state index contributed by atoms with van der Waals surface area (Å²) in [6.45, 7) is 6.40. The Morgan fingerprint density at radius 2 is 1.29 bits per heavy atom. The van der Waals surface area contributed by atoms with Crippen LogP contribution in [-0.2, 0) is 27.2 Å². The number of nitrogens with zero attached hydrogens (tertiary/aromatic N) is 4. The van der Waals surface area contributed by atoms with Gasteiger partial charge >= 0.3 is 12.0 Å². The molecule has 21 heavy (non-hydrogen) atoms. The highest BCUT2D eigenvalue weighted by molar-refractivity contribution is 4.99. The predicted molar refractivity (Wildman–Crippen MR) is 81.1 cm³/mol. The Balaban J connectivity index is 2.21. The molecule has 0 aliphatic carbocycles. The van der Waals surface area contributed by atoms with Crippen molar-refractivity contribution in [1.29, 1.82) is 0 Å². The standard InChI is InChI=1S/C16H28N4O/c1-5-7-9-19-13-11-17(3)15(19)21-16-18(4)12-14-20(16)10-8-6-2/h11-14H,5-10H2,1-4H3/q+2. The molecular formula is C16H28N4O+2. The quantitative estimate of drug-likeness (QED) is 0.686. The van der Waals surface area contributed by atoms with E-state index in [9.17, 15) is 0 Å². The lowest BCUT2D eigenvalue weighted by Gasteiger charge is -2.03. The molecule has 0 spiro atoms. The third-order valence-electron chi connectivity index (χ3n) is 3.72. The summed E-state index contributed by atoms with van der Waals surface area (Å²) in [7, 11) is 4.05. The molecule has 0 N–H and O–H groups in total. The Morgan fingerprint density at radius 1 is 0.857 bits per heavy atom. The van der Waals surface area contributed by atoms with Crippen molar-refractivity contribution in [2.45, 2.75) is 52.6 Å². The molecule has 0 amide bonds. The largest absolute Gasteiger partial charge is 0.466 e. The Labute approximate surface area is 127 Å². The average Bonchev–Trinajstić information content (AvgIpc) is 3.00. The summed E-state index contributed by atoms with van der Waals surface area (Å²) in [6, 6.07) is 1.77. The molecule has 2 aromatic heterocycles. The fraction of sp³-hybridized carbons (Fsp3) is 0.625. The minimum atomic E-state index is 0.885. The van der Waals surface area contributed by atoms with Crippen molar-refractivity contribution in [1.82, 2.24) is 9.13 Å². The van der Waals surface area contributed by atoms with Gasteiger partial charge in [-0.15, -0.1) is 0 Å². The van der Waals surface area contributed by atoms with Gasteiger partial charge in [-0.25, -0.2) is 0 Å². The van der Waals surface area contributed by atoms with Crippen LogP contribution in [0.2, 0.25) is 0 Å². The van der Waals surface area contributed by atoms with E-state index in [0.29, 0.717) is 0 Å². The smallest absolute Gasteiger partial charge is 0.320 e. The van der Waals surface area contributed by atoms with Crippen LogP contribution in [0, 0.1) is 0 Å². The van der Waals surface area contributed by atoms with Crippen molar-refractivity contribution in [3.05, 3.63) is 24.8 Å². The maximum atomic E-state index is 6.23. The van der Waals surface area contributed by atoms with E-state index < -0.39 is 0 Å². The Bertz CT molecular complexity index is 521. The van der Waals surface area contributed by atoms with Crippen LogP contribution >= 0.6 is 0 Å². The first kappa shape index (κ1) is 15.6. The molecule has 5 nitrogen and oxygen atoms in total. The molecule has 116 valence electrons. The van der Waals surface area contributed by atoms with Crippen molar-refractivity contribution in [2.75, 3.05) is 0 Å². The topological polar surface area (TPSA) is 26.8 Å². The van der Waals surface area contributed by atoms with Crippen molar-refractivity contribution < 1.29 is 13.9 Å². The van der Waals surface area contributed by atoms with E-state index in [0.717, 1.165) is 38.0 Å². The third kappa shape index (κ3) is 3.65. The van der Waals surface area contributed by atoms with Crippen molar-refractivity contribution in [2.24, 2.45) is 14.1 Å². The minimum Gasteiger partial charge on any atom is -0.320 e. The van der Waals surface area contributed by atoms with Crippen molar-refractivity contribution >= 4 is 0 Å². The summed E-state index contributed by atoms with van der Waals surface area (Å²) in [6.07, 6.45) is 13.0. The summed E-state index contributed by atoms with van der Waals surface area (Å²) in [5.41, 5.74) is 0. The van der Waals surface area contributed by atoms with Gasteiger partial charge in [-0.2, -0.15) is 18.3 Å². The maximum absolute atomic E-state index is 6.23. The van der Waals surface area contributed by atoms with Crippen LogP contribution in [0.25, 0.3) is 0 Å². The zero-order valence-corrected chi connectivity index (χ0v) is 13.7. The summed E-state index contributed by atoms with van der Waals surface area (Å²) in [5, 5.41) is 0. The second-order valence-corrected chi connectivity index (χ2v) is 5.58. The molecule has 0 saturated heterocycles. The van der Waals surface area contributed by atoms with Gasteiger partial charge in [0.25, 0.3) is 0 Å². The molecule has 2 rings (SSSR count). The molecule has 0 aliphatic heterocycles. The molecule has 0 fully saturated rings. The fourth-order valence-electron chi connectivity index (χ4n) is 2.36. The lowest BCUT2D eigenvalue weighted by atomic mass is 10.3. The highest BCUT2D eigenvalue weighted by Crippen LogP contribution is 2.16. The van der Waals surface area contributed by atoms with E-state index in [1.54, 1.807) is 0 Å². The molecule has 0 radical (unpaired) electrons. The summed E-state index contributed by atoms with van der Waals surface area (Å²) < 4.78 is 14.7. The van der Waals surface area contributed by atoms with E-state index in [4.69, 9.17) is 4.74 Å². The van der Waals surface area contributed by atoms with Crippen molar-refractivity contribution in [3.8, 4) is 12.0 Å². The molecule has 0 aromatic carbocycles. The highest BCUT2D eigenvalue weighted by atomic mass is 16.5. The molecule has 2 aromatic rings. The summed E-state index contributed by atoms with van der Waals surface area (Å²) in [5.74, 6) is 0. The number of ether oxygens (including phenoxy) is 1. The summed E-state index contributed by atoms with van der Waals surface area (Å²) in [4.78, 5) is 0. The zero-order valence-electron chi connectivity index (χ0n) is 13.7. The van der Waals surface area contributed by atoms with E-state index in [1.807, 2.05) is 35.6 Å². The normalized spacial score (nSPS) is 11.0. The number of aryl methyl sites for hydroxylation is 4. The lowest BCUT2D eigenvalue weighted by Crippen LogP contribution is -2.33. The van der Waals surface area contributed by atoms with Gasteiger partial charge in [0.1, 0.15) is 24.8 Å². The number of hydrogen-bond acceptors (Lipinski definition) is 1. The van der Waals surface area contributed by atoms with Gasteiger partial charge in [0.2, 0.25) is 0 Å². The maximum Gasteiger partial charge on any atom is 0.466 e. The predicted octanol–water partition coefficient (Wildman–Crippen LogP) is 2.33. The van der Waals surface area contributed by atoms with Gasteiger partial charge in [-0.3, -0.25) is 0 Å². The molecule has 2 heterocycles. The van der Waals surface area contributed by atoms with Gasteiger partial charge in [0.15, 0.2) is 0 Å². The van der Waals surface area contributed by atoms with Crippen molar-refractivity contribution in [3.63, 3.8) is 0 Å². The van der Waals surface area contributed by atoms with Crippen LogP contribution in [0.15, 0.2) is 24.8 Å². The number of aromatic nitrogens is 4. The number of imidazole rings is 2. The second-order valence-electron chi connectivity index (χ2n) is 5.58. The van der Waals surface area contributed by atoms with E-state index >= 15 is 0 Å². The molecule has 0 atom stereocenters. The van der Waals surface area contributed by atoms with Crippen LogP contribution in [0.1, 0.15) is 39.5 Å².